The lowest BCUT2D eigenvalue weighted by Crippen LogP contribution is -2.34. The molecule has 1 fully saturated rings. The van der Waals surface area contributed by atoms with E-state index in [1.165, 1.54) is 11.1 Å². The third-order valence-corrected chi connectivity index (χ3v) is 5.06. The molecule has 0 aliphatic heterocycles. The first-order valence-electron chi connectivity index (χ1n) is 7.00. The first-order valence-corrected chi connectivity index (χ1v) is 8.55. The molecule has 110 valence electrons. The van der Waals surface area contributed by atoms with E-state index < -0.39 is 0 Å². The molecule has 1 saturated carbocycles. The second-order valence-electron chi connectivity index (χ2n) is 5.67. The molecule has 0 bridgehead atoms. The number of aryl methyl sites for hydroxylation is 1. The molecule has 4 heteroatoms. The number of hydrogen-bond acceptors (Lipinski definition) is 1. The van der Waals surface area contributed by atoms with E-state index >= 15 is 0 Å². The Morgan fingerprint density at radius 2 is 1.76 bits per heavy atom. The Morgan fingerprint density at radius 1 is 1.10 bits per heavy atom. The molecule has 1 aliphatic carbocycles. The maximum absolute atomic E-state index is 6.26. The fourth-order valence-corrected chi connectivity index (χ4v) is 4.13. The topological polar surface area (TPSA) is 12.0 Å². The summed E-state index contributed by atoms with van der Waals surface area (Å²) in [6, 6.07) is 12.9. The van der Waals surface area contributed by atoms with Gasteiger partial charge in [0, 0.05) is 10.5 Å². The summed E-state index contributed by atoms with van der Waals surface area (Å²) in [4.78, 5) is 0. The van der Waals surface area contributed by atoms with Gasteiger partial charge in [-0.15, -0.1) is 0 Å². The highest BCUT2D eigenvalue weighted by molar-refractivity contribution is 9.10. The van der Waals surface area contributed by atoms with Crippen LogP contribution in [0.3, 0.4) is 0 Å². The average molecular weight is 385 g/mol. The first-order chi connectivity index (χ1) is 10.0. The summed E-state index contributed by atoms with van der Waals surface area (Å²) < 4.78 is 0.897. The van der Waals surface area contributed by atoms with Crippen molar-refractivity contribution >= 4 is 44.8 Å². The monoisotopic (exact) mass is 383 g/mol. The highest BCUT2D eigenvalue weighted by Crippen LogP contribution is 2.41. The molecule has 0 saturated heterocycles. The van der Waals surface area contributed by atoms with Crippen molar-refractivity contribution in [2.24, 2.45) is 0 Å². The van der Waals surface area contributed by atoms with Gasteiger partial charge >= 0.3 is 0 Å². The van der Waals surface area contributed by atoms with E-state index in [1.807, 2.05) is 12.1 Å². The van der Waals surface area contributed by atoms with E-state index in [0.717, 1.165) is 23.0 Å². The summed E-state index contributed by atoms with van der Waals surface area (Å²) in [6.07, 6.45) is 2.23. The normalized spacial score (nSPS) is 21.0. The third kappa shape index (κ3) is 3.39. The van der Waals surface area contributed by atoms with Gasteiger partial charge in [0.15, 0.2) is 0 Å². The molecule has 3 rings (SSSR count). The van der Waals surface area contributed by atoms with Crippen molar-refractivity contribution in [1.82, 2.24) is 0 Å². The molecular formula is C17H16BrCl2N. The van der Waals surface area contributed by atoms with Crippen LogP contribution in [-0.4, -0.2) is 6.04 Å². The zero-order chi connectivity index (χ0) is 15.0. The Morgan fingerprint density at radius 3 is 2.38 bits per heavy atom. The van der Waals surface area contributed by atoms with Crippen LogP contribution in [0.2, 0.25) is 10.0 Å². The largest absolute Gasteiger partial charge is 0.380 e. The molecule has 0 radical (unpaired) electrons. The predicted molar refractivity (Wildman–Crippen MR) is 94.7 cm³/mol. The maximum Gasteiger partial charge on any atom is 0.0721 e. The summed E-state index contributed by atoms with van der Waals surface area (Å²) in [7, 11) is 0. The van der Waals surface area contributed by atoms with Gasteiger partial charge in [-0.3, -0.25) is 0 Å². The van der Waals surface area contributed by atoms with Crippen molar-refractivity contribution in [2.45, 2.75) is 31.7 Å². The zero-order valence-corrected chi connectivity index (χ0v) is 14.8. The Labute approximate surface area is 143 Å². The summed E-state index contributed by atoms with van der Waals surface area (Å²) in [6.45, 7) is 2.14. The van der Waals surface area contributed by atoms with E-state index in [4.69, 9.17) is 23.2 Å². The van der Waals surface area contributed by atoms with Crippen LogP contribution in [0, 0.1) is 6.92 Å². The first kappa shape index (κ1) is 15.2. The highest BCUT2D eigenvalue weighted by Gasteiger charge is 2.31. The lowest BCUT2D eigenvalue weighted by molar-refractivity contribution is 0.374. The number of halogens is 3. The summed E-state index contributed by atoms with van der Waals surface area (Å²) in [5, 5.41) is 4.79. The molecule has 0 unspecified atom stereocenters. The number of rotatable bonds is 3. The molecule has 0 spiro atoms. The molecule has 0 atom stereocenters. The second-order valence-corrected chi connectivity index (χ2v) is 7.40. The van der Waals surface area contributed by atoms with Crippen LogP contribution in [-0.2, 0) is 0 Å². The minimum absolute atomic E-state index is 0.437. The van der Waals surface area contributed by atoms with Crippen LogP contribution < -0.4 is 5.32 Å². The second kappa shape index (κ2) is 6.20. The minimum Gasteiger partial charge on any atom is -0.380 e. The third-order valence-electron chi connectivity index (χ3n) is 4.01. The number of nitrogens with one attached hydrogen (secondary N) is 1. The van der Waals surface area contributed by atoms with Gasteiger partial charge in [0.05, 0.1) is 15.7 Å². The average Bonchev–Trinajstić information content (AvgIpc) is 2.35. The smallest absolute Gasteiger partial charge is 0.0721 e. The van der Waals surface area contributed by atoms with Gasteiger partial charge in [0.2, 0.25) is 0 Å². The van der Waals surface area contributed by atoms with Crippen LogP contribution in [0.4, 0.5) is 5.69 Å². The number of hydrogen-bond donors (Lipinski definition) is 1. The van der Waals surface area contributed by atoms with Crippen molar-refractivity contribution in [2.75, 3.05) is 5.32 Å². The fraction of sp³-hybridized carbons (Fsp3) is 0.294. The highest BCUT2D eigenvalue weighted by atomic mass is 79.9. The van der Waals surface area contributed by atoms with Gasteiger partial charge in [-0.05, 0) is 43.4 Å². The molecular weight excluding hydrogens is 369 g/mol. The Bertz CT molecular complexity index is 643. The van der Waals surface area contributed by atoms with Crippen LogP contribution in [0.1, 0.15) is 29.9 Å². The lowest BCUT2D eigenvalue weighted by Gasteiger charge is -2.37. The quantitative estimate of drug-likeness (QED) is 0.643. The molecule has 0 amide bonds. The van der Waals surface area contributed by atoms with Crippen molar-refractivity contribution in [3.8, 4) is 0 Å². The molecule has 2 aromatic rings. The Hall–Kier alpha value is -0.700. The minimum atomic E-state index is 0.437. The van der Waals surface area contributed by atoms with Gasteiger partial charge < -0.3 is 5.32 Å². The van der Waals surface area contributed by atoms with Crippen molar-refractivity contribution in [1.29, 1.82) is 0 Å². The molecule has 0 heterocycles. The zero-order valence-electron chi connectivity index (χ0n) is 11.7. The summed E-state index contributed by atoms with van der Waals surface area (Å²) in [5.74, 6) is 0.635. The standard InChI is InChI=1S/C17H16BrCl2N/c1-10-3-2-4-11(5-10)12-6-14(7-12)21-17-15(19)8-13(18)9-16(17)20/h2-5,8-9,12,14,21H,6-7H2,1H3. The Balaban J connectivity index is 1.65. The molecule has 1 N–H and O–H groups in total. The van der Waals surface area contributed by atoms with E-state index in [0.29, 0.717) is 22.0 Å². The lowest BCUT2D eigenvalue weighted by atomic mass is 9.75. The molecule has 2 aromatic carbocycles. The van der Waals surface area contributed by atoms with Gasteiger partial charge in [0.25, 0.3) is 0 Å². The summed E-state index contributed by atoms with van der Waals surface area (Å²) in [5.41, 5.74) is 3.60. The van der Waals surface area contributed by atoms with E-state index in [2.05, 4.69) is 52.4 Å². The SMILES string of the molecule is Cc1cccc(C2CC(Nc3c(Cl)cc(Br)cc3Cl)C2)c1. The van der Waals surface area contributed by atoms with Crippen molar-refractivity contribution < 1.29 is 0 Å². The number of anilines is 1. The van der Waals surface area contributed by atoms with Crippen molar-refractivity contribution in [3.63, 3.8) is 0 Å². The van der Waals surface area contributed by atoms with Gasteiger partial charge in [-0.1, -0.05) is 69.0 Å². The van der Waals surface area contributed by atoms with Crippen molar-refractivity contribution in [3.05, 3.63) is 62.0 Å². The Kier molecular flexibility index (Phi) is 4.49. The van der Waals surface area contributed by atoms with Crippen LogP contribution in [0.5, 0.6) is 0 Å². The molecule has 0 aromatic heterocycles. The molecule has 21 heavy (non-hydrogen) atoms. The van der Waals surface area contributed by atoms with Gasteiger partial charge in [-0.2, -0.15) is 0 Å². The van der Waals surface area contributed by atoms with Crippen LogP contribution in [0.15, 0.2) is 40.9 Å². The predicted octanol–water partition coefficient (Wildman–Crippen LogP) is 6.42. The maximum atomic E-state index is 6.26. The number of benzene rings is 2. The fourth-order valence-electron chi connectivity index (χ4n) is 2.82. The van der Waals surface area contributed by atoms with Gasteiger partial charge in [-0.25, -0.2) is 0 Å². The van der Waals surface area contributed by atoms with E-state index in [1.54, 1.807) is 0 Å². The molecule has 1 aliphatic rings. The van der Waals surface area contributed by atoms with E-state index in [9.17, 15) is 0 Å². The summed E-state index contributed by atoms with van der Waals surface area (Å²) >= 11 is 15.9. The van der Waals surface area contributed by atoms with Crippen LogP contribution >= 0.6 is 39.1 Å². The van der Waals surface area contributed by atoms with E-state index in [-0.39, 0.29) is 0 Å². The van der Waals surface area contributed by atoms with Crippen LogP contribution in [0.25, 0.3) is 0 Å². The van der Waals surface area contributed by atoms with Gasteiger partial charge in [0.1, 0.15) is 0 Å². The molecule has 1 nitrogen and oxygen atoms in total.